The van der Waals surface area contributed by atoms with Crippen molar-refractivity contribution in [1.29, 1.82) is 5.26 Å². The summed E-state index contributed by atoms with van der Waals surface area (Å²) in [7, 11) is 0. The van der Waals surface area contributed by atoms with E-state index in [4.69, 9.17) is 17.3 Å². The van der Waals surface area contributed by atoms with Gasteiger partial charge in [-0.1, -0.05) is 35.9 Å². The van der Waals surface area contributed by atoms with Crippen molar-refractivity contribution < 1.29 is 4.39 Å². The van der Waals surface area contributed by atoms with Crippen LogP contribution < -0.4 is 11.1 Å². The molecule has 0 saturated heterocycles. The second-order valence-electron chi connectivity index (χ2n) is 6.62. The fraction of sp³-hybridized carbons (Fsp3) is 0.150. The van der Waals surface area contributed by atoms with Crippen LogP contribution in [-0.4, -0.2) is 9.97 Å². The van der Waals surface area contributed by atoms with Gasteiger partial charge in [-0.25, -0.2) is 14.4 Å². The van der Waals surface area contributed by atoms with Crippen molar-refractivity contribution in [3.63, 3.8) is 0 Å². The minimum absolute atomic E-state index is 0.00569. The number of nitriles is 1. The molecule has 0 aliphatic heterocycles. The van der Waals surface area contributed by atoms with E-state index < -0.39 is 11.4 Å². The lowest BCUT2D eigenvalue weighted by Gasteiger charge is -2.19. The summed E-state index contributed by atoms with van der Waals surface area (Å²) < 4.78 is 13.3. The van der Waals surface area contributed by atoms with Crippen molar-refractivity contribution in [2.75, 3.05) is 5.32 Å². The summed E-state index contributed by atoms with van der Waals surface area (Å²) in [6.07, 6.45) is 1.44. The standard InChI is InChI=1S/C20H17ClFN5/c1-20(2,24)14-5-3-12(4-6-14)18-13(10-23)11-25-19(27-18)26-15-7-8-17(22)16(21)9-15/h3-9,11H,24H2,1-2H3,(H,25,26,27). The predicted molar refractivity (Wildman–Crippen MR) is 104 cm³/mol. The zero-order valence-corrected chi connectivity index (χ0v) is 15.5. The highest BCUT2D eigenvalue weighted by molar-refractivity contribution is 6.31. The molecular weight excluding hydrogens is 365 g/mol. The van der Waals surface area contributed by atoms with E-state index in [9.17, 15) is 9.65 Å². The first-order valence-corrected chi connectivity index (χ1v) is 8.55. The number of benzene rings is 2. The van der Waals surface area contributed by atoms with Crippen LogP contribution in [0, 0.1) is 17.1 Å². The van der Waals surface area contributed by atoms with Gasteiger partial charge in [0.05, 0.1) is 22.5 Å². The predicted octanol–water partition coefficient (Wildman–Crippen LogP) is 4.75. The van der Waals surface area contributed by atoms with Crippen LogP contribution in [-0.2, 0) is 5.54 Å². The first-order valence-electron chi connectivity index (χ1n) is 8.17. The van der Waals surface area contributed by atoms with Crippen LogP contribution in [0.4, 0.5) is 16.0 Å². The topological polar surface area (TPSA) is 87.6 Å². The summed E-state index contributed by atoms with van der Waals surface area (Å²) in [5, 5.41) is 12.3. The summed E-state index contributed by atoms with van der Waals surface area (Å²) in [6.45, 7) is 3.84. The Morgan fingerprint density at radius 1 is 1.19 bits per heavy atom. The third-order valence-electron chi connectivity index (χ3n) is 3.99. The minimum atomic E-state index is -0.508. The Balaban J connectivity index is 1.96. The molecule has 0 fully saturated rings. The number of hydrogen-bond donors (Lipinski definition) is 2. The molecule has 0 aliphatic carbocycles. The van der Waals surface area contributed by atoms with Crippen molar-refractivity contribution in [3.05, 3.63) is 70.6 Å². The molecular formula is C20H17ClFN5. The van der Waals surface area contributed by atoms with Crippen molar-refractivity contribution in [2.45, 2.75) is 19.4 Å². The van der Waals surface area contributed by atoms with Crippen molar-refractivity contribution >= 4 is 23.2 Å². The molecule has 7 heteroatoms. The van der Waals surface area contributed by atoms with E-state index in [2.05, 4.69) is 21.4 Å². The van der Waals surface area contributed by atoms with Gasteiger partial charge in [-0.2, -0.15) is 5.26 Å². The summed E-state index contributed by atoms with van der Waals surface area (Å²) in [4.78, 5) is 8.58. The maximum absolute atomic E-state index is 13.3. The quantitative estimate of drug-likeness (QED) is 0.681. The first-order chi connectivity index (χ1) is 12.8. The lowest BCUT2D eigenvalue weighted by atomic mass is 9.94. The number of nitrogens with two attached hydrogens (primary N) is 1. The van der Waals surface area contributed by atoms with Crippen molar-refractivity contribution in [1.82, 2.24) is 9.97 Å². The largest absolute Gasteiger partial charge is 0.324 e. The van der Waals surface area contributed by atoms with Crippen LogP contribution in [0.5, 0.6) is 0 Å². The van der Waals surface area contributed by atoms with Gasteiger partial charge in [-0.05, 0) is 37.6 Å². The van der Waals surface area contributed by atoms with E-state index in [-0.39, 0.29) is 11.0 Å². The molecule has 136 valence electrons. The molecule has 3 rings (SSSR count). The van der Waals surface area contributed by atoms with E-state index >= 15 is 0 Å². The molecule has 0 spiro atoms. The normalized spacial score (nSPS) is 11.1. The fourth-order valence-corrected chi connectivity index (χ4v) is 2.69. The summed E-state index contributed by atoms with van der Waals surface area (Å²) in [5.41, 5.74) is 8.76. The van der Waals surface area contributed by atoms with Gasteiger partial charge >= 0.3 is 0 Å². The van der Waals surface area contributed by atoms with E-state index in [0.29, 0.717) is 16.9 Å². The molecule has 0 unspecified atom stereocenters. The SMILES string of the molecule is CC(C)(N)c1ccc(-c2nc(Nc3ccc(F)c(Cl)c3)ncc2C#N)cc1. The fourth-order valence-electron chi connectivity index (χ4n) is 2.50. The lowest BCUT2D eigenvalue weighted by molar-refractivity contribution is 0.554. The maximum atomic E-state index is 13.3. The Morgan fingerprint density at radius 2 is 1.89 bits per heavy atom. The number of aromatic nitrogens is 2. The highest BCUT2D eigenvalue weighted by atomic mass is 35.5. The molecule has 3 N–H and O–H groups in total. The number of nitrogens with zero attached hydrogens (tertiary/aromatic N) is 3. The third kappa shape index (κ3) is 4.22. The molecule has 0 atom stereocenters. The van der Waals surface area contributed by atoms with Crippen LogP contribution in [0.25, 0.3) is 11.3 Å². The van der Waals surface area contributed by atoms with Gasteiger partial charge in [0.1, 0.15) is 11.9 Å². The van der Waals surface area contributed by atoms with Crippen LogP contribution >= 0.6 is 11.6 Å². The molecule has 0 amide bonds. The molecule has 1 heterocycles. The number of rotatable bonds is 4. The second kappa shape index (κ2) is 7.31. The average molecular weight is 382 g/mol. The number of anilines is 2. The van der Waals surface area contributed by atoms with Gasteiger partial charge < -0.3 is 11.1 Å². The van der Waals surface area contributed by atoms with Gasteiger partial charge in [-0.3, -0.25) is 0 Å². The van der Waals surface area contributed by atoms with Crippen molar-refractivity contribution in [3.8, 4) is 17.3 Å². The van der Waals surface area contributed by atoms with E-state index in [1.54, 1.807) is 0 Å². The molecule has 0 saturated carbocycles. The Bertz CT molecular complexity index is 1020. The molecule has 27 heavy (non-hydrogen) atoms. The van der Waals surface area contributed by atoms with Crippen LogP contribution in [0.1, 0.15) is 25.0 Å². The molecule has 2 aromatic carbocycles. The van der Waals surface area contributed by atoms with Gasteiger partial charge in [0, 0.05) is 16.8 Å². The van der Waals surface area contributed by atoms with Gasteiger partial charge in [-0.15, -0.1) is 0 Å². The molecule has 0 radical (unpaired) electrons. The van der Waals surface area contributed by atoms with Gasteiger partial charge in [0.2, 0.25) is 5.95 Å². The Hall–Kier alpha value is -3.01. The minimum Gasteiger partial charge on any atom is -0.324 e. The third-order valence-corrected chi connectivity index (χ3v) is 4.28. The average Bonchev–Trinajstić information content (AvgIpc) is 2.64. The Kier molecular flexibility index (Phi) is 5.08. The van der Waals surface area contributed by atoms with Gasteiger partial charge in [0.15, 0.2) is 0 Å². The number of halogens is 2. The lowest BCUT2D eigenvalue weighted by Crippen LogP contribution is -2.28. The summed E-state index contributed by atoms with van der Waals surface area (Å²) in [5.74, 6) is -0.235. The van der Waals surface area contributed by atoms with E-state index in [1.807, 2.05) is 38.1 Å². The van der Waals surface area contributed by atoms with Crippen LogP contribution in [0.3, 0.4) is 0 Å². The molecule has 1 aromatic heterocycles. The van der Waals surface area contributed by atoms with Crippen molar-refractivity contribution in [2.24, 2.45) is 5.73 Å². The molecule has 5 nitrogen and oxygen atoms in total. The highest BCUT2D eigenvalue weighted by Gasteiger charge is 2.15. The zero-order chi connectivity index (χ0) is 19.6. The Labute approximate surface area is 161 Å². The number of nitrogens with one attached hydrogen (secondary N) is 1. The monoisotopic (exact) mass is 381 g/mol. The smallest absolute Gasteiger partial charge is 0.227 e. The van der Waals surface area contributed by atoms with Gasteiger partial charge in [0.25, 0.3) is 0 Å². The second-order valence-corrected chi connectivity index (χ2v) is 7.03. The summed E-state index contributed by atoms with van der Waals surface area (Å²) in [6, 6.07) is 13.9. The number of hydrogen-bond acceptors (Lipinski definition) is 5. The molecule has 0 aliphatic rings. The zero-order valence-electron chi connectivity index (χ0n) is 14.8. The molecule has 0 bridgehead atoms. The van der Waals surface area contributed by atoms with Crippen LogP contribution in [0.15, 0.2) is 48.7 Å². The van der Waals surface area contributed by atoms with E-state index in [0.717, 1.165) is 11.1 Å². The first kappa shape index (κ1) is 18.8. The molecule has 3 aromatic rings. The highest BCUT2D eigenvalue weighted by Crippen LogP contribution is 2.27. The van der Waals surface area contributed by atoms with E-state index in [1.165, 1.54) is 24.4 Å². The Morgan fingerprint density at radius 3 is 2.48 bits per heavy atom. The maximum Gasteiger partial charge on any atom is 0.227 e. The van der Waals surface area contributed by atoms with Crippen LogP contribution in [0.2, 0.25) is 5.02 Å². The summed E-state index contributed by atoms with van der Waals surface area (Å²) >= 11 is 5.80.